The number of carbonyl (C=O) groups is 2. The predicted molar refractivity (Wildman–Crippen MR) is 117 cm³/mol. The molecule has 0 fully saturated rings. The summed E-state index contributed by atoms with van der Waals surface area (Å²) < 4.78 is 10.9. The van der Waals surface area contributed by atoms with Gasteiger partial charge in [-0.3, -0.25) is 9.89 Å². The average molecular weight is 423 g/mol. The van der Waals surface area contributed by atoms with Crippen molar-refractivity contribution in [1.82, 2.24) is 20.4 Å². The molecule has 0 unspecified atom stereocenters. The van der Waals surface area contributed by atoms with Crippen molar-refractivity contribution in [3.05, 3.63) is 60.4 Å². The molecule has 1 heterocycles. The molecular formula is C22H25N5O4. The number of hydrogen-bond donors (Lipinski definition) is 3. The fourth-order valence-electron chi connectivity index (χ4n) is 2.73. The molecule has 0 bridgehead atoms. The van der Waals surface area contributed by atoms with Crippen LogP contribution in [0.2, 0.25) is 0 Å². The van der Waals surface area contributed by atoms with Crippen molar-refractivity contribution in [3.8, 4) is 22.6 Å². The van der Waals surface area contributed by atoms with Gasteiger partial charge in [-0.25, -0.2) is 4.79 Å². The number of likely N-dealkylation sites (N-methyl/N-ethyl adjacent to an activating group) is 1. The van der Waals surface area contributed by atoms with E-state index in [2.05, 4.69) is 20.8 Å². The number of aromatic amines is 1. The molecule has 3 N–H and O–H groups in total. The van der Waals surface area contributed by atoms with Crippen molar-refractivity contribution >= 4 is 17.6 Å². The second-order valence-corrected chi connectivity index (χ2v) is 6.93. The van der Waals surface area contributed by atoms with E-state index >= 15 is 0 Å². The number of carbonyl (C=O) groups excluding carboxylic acids is 2. The number of methoxy groups -OCH3 is 1. The van der Waals surface area contributed by atoms with Crippen LogP contribution in [0.5, 0.6) is 11.5 Å². The van der Waals surface area contributed by atoms with Gasteiger partial charge in [0.05, 0.1) is 19.0 Å². The molecule has 9 heteroatoms. The molecule has 0 saturated heterocycles. The topological polar surface area (TPSA) is 109 Å². The number of benzene rings is 2. The number of hydrogen-bond acceptors (Lipinski definition) is 5. The van der Waals surface area contributed by atoms with E-state index in [0.717, 1.165) is 22.4 Å². The lowest BCUT2D eigenvalue weighted by atomic mass is 10.1. The van der Waals surface area contributed by atoms with Gasteiger partial charge in [-0.05, 0) is 35.4 Å². The quantitative estimate of drug-likeness (QED) is 0.516. The van der Waals surface area contributed by atoms with Gasteiger partial charge >= 0.3 is 6.03 Å². The summed E-state index contributed by atoms with van der Waals surface area (Å²) in [6.07, 6.45) is 3.43. The molecule has 2 aromatic carbocycles. The number of amides is 3. The molecule has 3 rings (SSSR count). The minimum atomic E-state index is -0.400. The Morgan fingerprint density at radius 2 is 1.97 bits per heavy atom. The molecule has 0 aliphatic heterocycles. The van der Waals surface area contributed by atoms with Crippen molar-refractivity contribution < 1.29 is 19.1 Å². The van der Waals surface area contributed by atoms with E-state index in [1.807, 2.05) is 30.3 Å². The van der Waals surface area contributed by atoms with Crippen LogP contribution >= 0.6 is 0 Å². The molecule has 0 atom stereocenters. The van der Waals surface area contributed by atoms with Crippen LogP contribution in [0.15, 0.2) is 54.9 Å². The Morgan fingerprint density at radius 3 is 2.68 bits per heavy atom. The molecular weight excluding hydrogens is 398 g/mol. The van der Waals surface area contributed by atoms with Crippen molar-refractivity contribution in [2.24, 2.45) is 0 Å². The van der Waals surface area contributed by atoms with Gasteiger partial charge in [-0.2, -0.15) is 5.10 Å². The maximum Gasteiger partial charge on any atom is 0.319 e. The van der Waals surface area contributed by atoms with Crippen LogP contribution in [0.25, 0.3) is 11.1 Å². The molecule has 9 nitrogen and oxygen atoms in total. The number of nitrogens with zero attached hydrogens (tertiary/aromatic N) is 2. The van der Waals surface area contributed by atoms with Gasteiger partial charge in [0.25, 0.3) is 5.91 Å². The normalized spacial score (nSPS) is 10.3. The highest BCUT2D eigenvalue weighted by molar-refractivity contribution is 5.91. The maximum atomic E-state index is 12.5. The third-order valence-corrected chi connectivity index (χ3v) is 4.50. The number of H-pyrrole nitrogens is 1. The van der Waals surface area contributed by atoms with E-state index in [9.17, 15) is 9.59 Å². The minimum absolute atomic E-state index is 0.151. The first-order valence-corrected chi connectivity index (χ1v) is 9.60. The van der Waals surface area contributed by atoms with Crippen LogP contribution in [-0.4, -0.2) is 54.8 Å². The van der Waals surface area contributed by atoms with E-state index in [-0.39, 0.29) is 12.5 Å². The van der Waals surface area contributed by atoms with Crippen LogP contribution < -0.4 is 20.1 Å². The minimum Gasteiger partial charge on any atom is -0.497 e. The number of rotatable bonds is 8. The van der Waals surface area contributed by atoms with Gasteiger partial charge in [0.1, 0.15) is 11.5 Å². The summed E-state index contributed by atoms with van der Waals surface area (Å²) in [5, 5.41) is 12.3. The SMILES string of the molecule is COc1cccc(CNC(=O)Nc2ccc(-c3cn[nH]c3)cc2OCC(=O)N(C)C)c1. The highest BCUT2D eigenvalue weighted by Gasteiger charge is 2.13. The molecule has 162 valence electrons. The first-order chi connectivity index (χ1) is 15.0. The third kappa shape index (κ3) is 5.99. The van der Waals surface area contributed by atoms with Crippen molar-refractivity contribution in [2.45, 2.75) is 6.54 Å². The third-order valence-electron chi connectivity index (χ3n) is 4.50. The Hall–Kier alpha value is -4.01. The van der Waals surface area contributed by atoms with Crippen molar-refractivity contribution in [3.63, 3.8) is 0 Å². The van der Waals surface area contributed by atoms with Gasteiger partial charge in [0, 0.05) is 32.4 Å². The zero-order valence-electron chi connectivity index (χ0n) is 17.6. The Balaban J connectivity index is 1.71. The number of nitrogens with one attached hydrogen (secondary N) is 3. The Bertz CT molecular complexity index is 1030. The zero-order chi connectivity index (χ0) is 22.2. The lowest BCUT2D eigenvalue weighted by molar-refractivity contribution is -0.130. The van der Waals surface area contributed by atoms with Gasteiger partial charge in [0.2, 0.25) is 0 Å². The second-order valence-electron chi connectivity index (χ2n) is 6.93. The molecule has 0 saturated carbocycles. The van der Waals surface area contributed by atoms with E-state index < -0.39 is 6.03 Å². The fourth-order valence-corrected chi connectivity index (χ4v) is 2.73. The number of urea groups is 1. The Labute approximate surface area is 180 Å². The average Bonchev–Trinajstić information content (AvgIpc) is 3.31. The molecule has 0 aliphatic rings. The molecule has 3 aromatic rings. The molecule has 31 heavy (non-hydrogen) atoms. The van der Waals surface area contributed by atoms with Gasteiger partial charge < -0.3 is 25.0 Å². The summed E-state index contributed by atoms with van der Waals surface area (Å²) in [6, 6.07) is 12.4. The lowest BCUT2D eigenvalue weighted by Gasteiger charge is -2.16. The summed E-state index contributed by atoms with van der Waals surface area (Å²) in [5.41, 5.74) is 3.04. The highest BCUT2D eigenvalue weighted by Crippen LogP contribution is 2.30. The molecule has 0 aliphatic carbocycles. The first kappa shape index (κ1) is 21.7. The van der Waals surface area contributed by atoms with Gasteiger partial charge in [0.15, 0.2) is 6.61 Å². The summed E-state index contributed by atoms with van der Waals surface area (Å²) in [4.78, 5) is 25.8. The monoisotopic (exact) mass is 423 g/mol. The summed E-state index contributed by atoms with van der Waals surface area (Å²) in [7, 11) is 4.90. The van der Waals surface area contributed by atoms with E-state index in [0.29, 0.717) is 18.0 Å². The second kappa shape index (κ2) is 10.1. The Kier molecular flexibility index (Phi) is 7.10. The maximum absolute atomic E-state index is 12.5. The Morgan fingerprint density at radius 1 is 1.13 bits per heavy atom. The van der Waals surface area contributed by atoms with E-state index in [1.165, 1.54) is 4.90 Å². The summed E-state index contributed by atoms with van der Waals surface area (Å²) in [6.45, 7) is 0.174. The largest absolute Gasteiger partial charge is 0.497 e. The van der Waals surface area contributed by atoms with Crippen LogP contribution in [0.1, 0.15) is 5.56 Å². The first-order valence-electron chi connectivity index (χ1n) is 9.60. The molecule has 3 amide bonds. The molecule has 0 spiro atoms. The van der Waals surface area contributed by atoms with Crippen LogP contribution in [0.3, 0.4) is 0 Å². The predicted octanol–water partition coefficient (Wildman–Crippen LogP) is 2.87. The van der Waals surface area contributed by atoms with Crippen molar-refractivity contribution in [1.29, 1.82) is 0 Å². The smallest absolute Gasteiger partial charge is 0.319 e. The molecule has 0 radical (unpaired) electrons. The van der Waals surface area contributed by atoms with Gasteiger partial charge in [-0.15, -0.1) is 0 Å². The number of ether oxygens (including phenoxy) is 2. The fraction of sp³-hybridized carbons (Fsp3) is 0.227. The summed E-state index contributed by atoms with van der Waals surface area (Å²) in [5.74, 6) is 0.906. The van der Waals surface area contributed by atoms with E-state index in [4.69, 9.17) is 9.47 Å². The zero-order valence-corrected chi connectivity index (χ0v) is 17.6. The van der Waals surface area contributed by atoms with E-state index in [1.54, 1.807) is 45.7 Å². The summed E-state index contributed by atoms with van der Waals surface area (Å²) >= 11 is 0. The van der Waals surface area contributed by atoms with Crippen LogP contribution in [0, 0.1) is 0 Å². The van der Waals surface area contributed by atoms with Crippen LogP contribution in [0.4, 0.5) is 10.5 Å². The molecule has 1 aromatic heterocycles. The standard InChI is InChI=1S/C22H25N5O4/c1-27(2)21(28)14-31-20-10-16(17-12-24-25-13-17)7-8-19(20)26-22(29)23-11-15-5-4-6-18(9-15)30-3/h4-10,12-13H,11,14H2,1-3H3,(H,24,25)(H2,23,26,29). The highest BCUT2D eigenvalue weighted by atomic mass is 16.5. The van der Waals surface area contributed by atoms with Crippen LogP contribution in [-0.2, 0) is 11.3 Å². The lowest BCUT2D eigenvalue weighted by Crippen LogP contribution is -2.29. The number of aromatic nitrogens is 2. The van der Waals surface area contributed by atoms with Crippen molar-refractivity contribution in [2.75, 3.05) is 33.1 Å². The number of anilines is 1. The van der Waals surface area contributed by atoms with Gasteiger partial charge in [-0.1, -0.05) is 18.2 Å².